The van der Waals surface area contributed by atoms with Gasteiger partial charge < -0.3 is 9.52 Å². The van der Waals surface area contributed by atoms with Crippen molar-refractivity contribution in [3.63, 3.8) is 0 Å². The molecule has 1 aromatic heterocycles. The number of aryl methyl sites for hydroxylation is 2. The molecule has 5 aromatic rings. The van der Waals surface area contributed by atoms with Crippen LogP contribution in [0.25, 0.3) is 21.9 Å². The number of carbonyl (C=O) groups is 1. The molecule has 0 saturated heterocycles. The number of alkyl halides is 3. The highest BCUT2D eigenvalue weighted by Gasteiger charge is 2.35. The van der Waals surface area contributed by atoms with Crippen LogP contribution in [0.3, 0.4) is 0 Å². The zero-order chi connectivity index (χ0) is 30.9. The molecule has 0 bridgehead atoms. The molecule has 0 unspecified atom stereocenters. The Morgan fingerprint density at radius 1 is 0.814 bits per heavy atom. The summed E-state index contributed by atoms with van der Waals surface area (Å²) in [6.45, 7) is 8.66. The summed E-state index contributed by atoms with van der Waals surface area (Å²) in [7, 11) is 0. The molecule has 0 fully saturated rings. The van der Waals surface area contributed by atoms with Crippen LogP contribution >= 0.6 is 0 Å². The van der Waals surface area contributed by atoms with Gasteiger partial charge in [0.15, 0.2) is 0 Å². The van der Waals surface area contributed by atoms with E-state index in [1.54, 1.807) is 13.8 Å². The van der Waals surface area contributed by atoms with Crippen LogP contribution in [0.4, 0.5) is 13.2 Å². The van der Waals surface area contributed by atoms with Gasteiger partial charge in [-0.3, -0.25) is 9.69 Å². The van der Waals surface area contributed by atoms with E-state index in [-0.39, 0.29) is 12.3 Å². The van der Waals surface area contributed by atoms with Gasteiger partial charge in [0.1, 0.15) is 5.76 Å². The van der Waals surface area contributed by atoms with Crippen LogP contribution in [-0.2, 0) is 36.0 Å². The summed E-state index contributed by atoms with van der Waals surface area (Å²) >= 11 is 0. The van der Waals surface area contributed by atoms with Crippen LogP contribution in [0.15, 0.2) is 95.4 Å². The van der Waals surface area contributed by atoms with Gasteiger partial charge in [-0.2, -0.15) is 13.2 Å². The summed E-state index contributed by atoms with van der Waals surface area (Å²) in [6, 6.07) is 28.4. The summed E-state index contributed by atoms with van der Waals surface area (Å²) in [6.07, 6.45) is -4.54. The van der Waals surface area contributed by atoms with Crippen molar-refractivity contribution in [2.75, 3.05) is 0 Å². The van der Waals surface area contributed by atoms with E-state index in [1.807, 2.05) is 55.5 Å². The van der Waals surface area contributed by atoms with Crippen LogP contribution in [0, 0.1) is 13.8 Å². The van der Waals surface area contributed by atoms with Gasteiger partial charge in [-0.1, -0.05) is 84.4 Å². The third-order valence-electron chi connectivity index (χ3n) is 8.04. The van der Waals surface area contributed by atoms with Gasteiger partial charge in [0.2, 0.25) is 5.76 Å². The van der Waals surface area contributed by atoms with Crippen molar-refractivity contribution in [2.45, 2.75) is 58.9 Å². The second kappa shape index (κ2) is 11.7. The first-order valence-electron chi connectivity index (χ1n) is 14.1. The molecule has 0 amide bonds. The molecule has 4 aromatic carbocycles. The van der Waals surface area contributed by atoms with Crippen LogP contribution < -0.4 is 0 Å². The zero-order valence-electron chi connectivity index (χ0n) is 24.6. The number of rotatable bonds is 9. The number of hydrogen-bond donors (Lipinski definition) is 1. The number of carboxylic acids is 1. The van der Waals surface area contributed by atoms with Gasteiger partial charge in [0, 0.05) is 13.1 Å². The van der Waals surface area contributed by atoms with Gasteiger partial charge in [-0.25, -0.2) is 0 Å². The Labute approximate surface area is 249 Å². The predicted molar refractivity (Wildman–Crippen MR) is 163 cm³/mol. The minimum Gasteiger partial charge on any atom is -0.481 e. The minimum absolute atomic E-state index is 0.200. The molecule has 0 radical (unpaired) electrons. The average Bonchev–Trinajstić information content (AvgIpc) is 3.44. The fraction of sp³-hybridized carbons (Fsp3) is 0.250. The lowest BCUT2D eigenvalue weighted by molar-refractivity contribution is -0.153. The van der Waals surface area contributed by atoms with E-state index in [4.69, 9.17) is 4.42 Å². The van der Waals surface area contributed by atoms with E-state index in [0.29, 0.717) is 18.7 Å². The maximum atomic E-state index is 13.3. The number of halogens is 3. The average molecular weight is 586 g/mol. The fourth-order valence-corrected chi connectivity index (χ4v) is 5.31. The highest BCUT2D eigenvalue weighted by molar-refractivity contribution is 5.87. The smallest absolute Gasteiger partial charge is 0.449 e. The molecule has 222 valence electrons. The largest absolute Gasteiger partial charge is 0.481 e. The van der Waals surface area contributed by atoms with Gasteiger partial charge >= 0.3 is 12.1 Å². The van der Waals surface area contributed by atoms with Gasteiger partial charge in [0.25, 0.3) is 0 Å². The molecule has 5 rings (SSSR count). The van der Waals surface area contributed by atoms with E-state index in [9.17, 15) is 23.1 Å². The number of aliphatic carboxylic acids is 1. The first-order chi connectivity index (χ1) is 20.3. The van der Waals surface area contributed by atoms with Crippen LogP contribution in [0.5, 0.6) is 0 Å². The lowest BCUT2D eigenvalue weighted by atomic mass is 9.83. The van der Waals surface area contributed by atoms with Gasteiger partial charge in [-0.05, 0) is 84.0 Å². The first kappa shape index (κ1) is 30.1. The van der Waals surface area contributed by atoms with Gasteiger partial charge in [-0.15, -0.1) is 0 Å². The molecule has 4 nitrogen and oxygen atoms in total. The molecule has 1 N–H and O–H groups in total. The number of carboxylic acid groups (broad SMARTS) is 1. The summed E-state index contributed by atoms with van der Waals surface area (Å²) in [5.74, 6) is -1.65. The highest BCUT2D eigenvalue weighted by Crippen LogP contribution is 2.33. The lowest BCUT2D eigenvalue weighted by Gasteiger charge is -2.24. The molecule has 0 aliphatic carbocycles. The Kier molecular flexibility index (Phi) is 8.21. The van der Waals surface area contributed by atoms with E-state index >= 15 is 0 Å². The van der Waals surface area contributed by atoms with Crippen molar-refractivity contribution in [1.29, 1.82) is 0 Å². The number of benzene rings is 4. The molecule has 0 saturated carbocycles. The van der Waals surface area contributed by atoms with E-state index in [2.05, 4.69) is 42.2 Å². The number of furan rings is 1. The number of fused-ring (bicyclic) bond motifs is 1. The second-order valence-corrected chi connectivity index (χ2v) is 11.7. The lowest BCUT2D eigenvalue weighted by Crippen LogP contribution is -2.28. The van der Waals surface area contributed by atoms with E-state index in [0.717, 1.165) is 50.2 Å². The maximum Gasteiger partial charge on any atom is 0.449 e. The Hall–Kier alpha value is -4.36. The van der Waals surface area contributed by atoms with E-state index < -0.39 is 23.3 Å². The predicted octanol–water partition coefficient (Wildman–Crippen LogP) is 9.30. The van der Waals surface area contributed by atoms with Crippen LogP contribution in [0.2, 0.25) is 0 Å². The summed E-state index contributed by atoms with van der Waals surface area (Å²) < 4.78 is 45.0. The standard InChI is InChI=1S/C36H34F3NO3/c1-23-8-12-27-13-9-24(2)32(31(27)18-23)22-40(21-30-16-17-33(43-30)36(37,38)39)20-25-10-14-26(15-11-25)28-6-5-7-29(19-28)35(3,4)34(41)42/h5-19H,20-22H2,1-4H3,(H,41,42). The van der Waals surface area contributed by atoms with Crippen molar-refractivity contribution >= 4 is 16.7 Å². The first-order valence-corrected chi connectivity index (χ1v) is 14.1. The second-order valence-electron chi connectivity index (χ2n) is 11.7. The summed E-state index contributed by atoms with van der Waals surface area (Å²) in [5.41, 5.74) is 5.90. The van der Waals surface area contributed by atoms with Crippen molar-refractivity contribution in [1.82, 2.24) is 4.90 Å². The molecule has 7 heteroatoms. The van der Waals surface area contributed by atoms with Crippen LogP contribution in [-0.4, -0.2) is 16.0 Å². The fourth-order valence-electron chi connectivity index (χ4n) is 5.31. The topological polar surface area (TPSA) is 53.7 Å². The van der Waals surface area contributed by atoms with Crippen LogP contribution in [0.1, 0.15) is 53.2 Å². The Bertz CT molecular complexity index is 1760. The zero-order valence-corrected chi connectivity index (χ0v) is 24.6. The van der Waals surface area contributed by atoms with Crippen molar-refractivity contribution in [2.24, 2.45) is 0 Å². The minimum atomic E-state index is -4.54. The number of nitrogens with zero attached hydrogens (tertiary/aromatic N) is 1. The molecule has 0 aliphatic rings. The maximum absolute atomic E-state index is 13.3. The number of hydrogen-bond acceptors (Lipinski definition) is 3. The molecule has 43 heavy (non-hydrogen) atoms. The molecule has 0 spiro atoms. The Balaban J connectivity index is 1.45. The molecular formula is C36H34F3NO3. The normalized spacial score (nSPS) is 12.3. The van der Waals surface area contributed by atoms with Crippen molar-refractivity contribution in [3.05, 3.63) is 130 Å². The molecular weight excluding hydrogens is 551 g/mol. The summed E-state index contributed by atoms with van der Waals surface area (Å²) in [5, 5.41) is 11.9. The highest BCUT2D eigenvalue weighted by atomic mass is 19.4. The SMILES string of the molecule is Cc1ccc2ccc(C)c(CN(Cc3ccc(-c4cccc(C(C)(C)C(=O)O)c4)cc3)Cc3ccc(C(F)(F)F)o3)c2c1. The third kappa shape index (κ3) is 6.67. The quantitative estimate of drug-likeness (QED) is 0.187. The van der Waals surface area contributed by atoms with Crippen molar-refractivity contribution < 1.29 is 27.5 Å². The third-order valence-corrected chi connectivity index (χ3v) is 8.04. The molecule has 0 atom stereocenters. The van der Waals surface area contributed by atoms with Gasteiger partial charge in [0.05, 0.1) is 12.0 Å². The molecule has 1 heterocycles. The molecule has 0 aliphatic heterocycles. The van der Waals surface area contributed by atoms with Crippen molar-refractivity contribution in [3.8, 4) is 11.1 Å². The summed E-state index contributed by atoms with van der Waals surface area (Å²) in [4.78, 5) is 13.9. The van der Waals surface area contributed by atoms with E-state index in [1.165, 1.54) is 6.07 Å². The Morgan fingerprint density at radius 2 is 1.53 bits per heavy atom. The Morgan fingerprint density at radius 3 is 2.21 bits per heavy atom. The monoisotopic (exact) mass is 585 g/mol.